The number of halogens is 2. The first kappa shape index (κ1) is 25.7. The van der Waals surface area contributed by atoms with Crippen LogP contribution in [0.4, 0.5) is 0 Å². The van der Waals surface area contributed by atoms with Crippen molar-refractivity contribution in [2.24, 2.45) is 0 Å². The molecule has 1 amide bonds. The van der Waals surface area contributed by atoms with Crippen LogP contribution in [0.25, 0.3) is 5.76 Å². The molecule has 1 heterocycles. The molecule has 1 N–H and O–H groups in total. The Bertz CT molecular complexity index is 1130. The van der Waals surface area contributed by atoms with Crippen molar-refractivity contribution < 1.29 is 33.6 Å². The average Bonchev–Trinajstić information content (AvgIpc) is 3.07. The smallest absolute Gasteiger partial charge is 0.295 e. The molecular weight excluding hydrogens is 485 g/mol. The van der Waals surface area contributed by atoms with E-state index in [0.717, 1.165) is 0 Å². The number of benzene rings is 2. The number of aliphatic hydroxyl groups excluding tert-OH is 1. The first-order valence-corrected chi connectivity index (χ1v) is 11.2. The maximum Gasteiger partial charge on any atom is 0.295 e. The fourth-order valence-electron chi connectivity index (χ4n) is 3.86. The van der Waals surface area contributed by atoms with Gasteiger partial charge in [-0.1, -0.05) is 29.3 Å². The lowest BCUT2D eigenvalue weighted by molar-refractivity contribution is -0.140. The van der Waals surface area contributed by atoms with Crippen molar-refractivity contribution in [1.82, 2.24) is 4.90 Å². The number of aliphatic hydroxyl groups is 1. The number of ether oxygens (including phenoxy) is 4. The zero-order valence-corrected chi connectivity index (χ0v) is 20.7. The second-order valence-electron chi connectivity index (χ2n) is 7.30. The molecule has 0 aromatic heterocycles. The number of carbonyl (C=O) groups excluding carboxylic acids is 2. The van der Waals surface area contributed by atoms with Crippen molar-refractivity contribution in [2.45, 2.75) is 13.0 Å². The lowest BCUT2D eigenvalue weighted by Gasteiger charge is -2.26. The molecule has 1 fully saturated rings. The molecule has 3 rings (SSSR count). The fraction of sp³-hybridized carbons (Fsp3) is 0.333. The monoisotopic (exact) mass is 509 g/mol. The molecule has 0 bridgehead atoms. The summed E-state index contributed by atoms with van der Waals surface area (Å²) in [6.45, 7) is 2.57. The zero-order valence-electron chi connectivity index (χ0n) is 19.2. The second kappa shape index (κ2) is 11.0. The maximum atomic E-state index is 13.2. The molecule has 1 saturated heterocycles. The summed E-state index contributed by atoms with van der Waals surface area (Å²) in [7, 11) is 4.35. The summed E-state index contributed by atoms with van der Waals surface area (Å²) in [5.41, 5.74) is 0.487. The minimum Gasteiger partial charge on any atom is -0.507 e. The number of amides is 1. The molecule has 2 aromatic carbocycles. The van der Waals surface area contributed by atoms with Crippen LogP contribution in [-0.2, 0) is 14.3 Å². The van der Waals surface area contributed by atoms with Gasteiger partial charge in [0.15, 0.2) is 11.5 Å². The van der Waals surface area contributed by atoms with Crippen molar-refractivity contribution in [3.8, 4) is 17.2 Å². The number of hydrogen-bond donors (Lipinski definition) is 1. The minimum atomic E-state index is -0.929. The van der Waals surface area contributed by atoms with Crippen LogP contribution in [0.2, 0.25) is 10.0 Å². The molecule has 0 spiro atoms. The van der Waals surface area contributed by atoms with E-state index in [2.05, 4.69) is 0 Å². The number of rotatable bonds is 9. The molecule has 1 aliphatic rings. The first-order valence-electron chi connectivity index (χ1n) is 10.4. The quantitative estimate of drug-likeness (QED) is 0.302. The Hall–Kier alpha value is -2.94. The normalized spacial score (nSPS) is 17.2. The number of carbonyl (C=O) groups is 2. The van der Waals surface area contributed by atoms with Gasteiger partial charge in [0, 0.05) is 18.7 Å². The van der Waals surface area contributed by atoms with Crippen LogP contribution in [0.3, 0.4) is 0 Å². The molecular formula is C24H25Cl2NO7. The van der Waals surface area contributed by atoms with Crippen molar-refractivity contribution in [3.63, 3.8) is 0 Å². The largest absolute Gasteiger partial charge is 0.507 e. The van der Waals surface area contributed by atoms with E-state index >= 15 is 0 Å². The lowest BCUT2D eigenvalue weighted by atomic mass is 9.94. The van der Waals surface area contributed by atoms with Gasteiger partial charge in [0.2, 0.25) is 0 Å². The number of hydrogen-bond acceptors (Lipinski definition) is 7. The highest BCUT2D eigenvalue weighted by atomic mass is 35.5. The Kier molecular flexibility index (Phi) is 8.30. The van der Waals surface area contributed by atoms with E-state index in [1.165, 1.54) is 38.4 Å². The van der Waals surface area contributed by atoms with Crippen LogP contribution in [0, 0.1) is 0 Å². The predicted molar refractivity (Wildman–Crippen MR) is 128 cm³/mol. The molecule has 1 atom stereocenters. The zero-order chi connectivity index (χ0) is 25.0. The van der Waals surface area contributed by atoms with Gasteiger partial charge in [-0.3, -0.25) is 9.59 Å². The third kappa shape index (κ3) is 4.80. The Morgan fingerprint density at radius 3 is 2.41 bits per heavy atom. The summed E-state index contributed by atoms with van der Waals surface area (Å²) in [4.78, 5) is 27.5. The van der Waals surface area contributed by atoms with Gasteiger partial charge in [-0.15, -0.1) is 0 Å². The molecule has 1 aliphatic heterocycles. The van der Waals surface area contributed by atoms with Gasteiger partial charge in [-0.25, -0.2) is 0 Å². The summed E-state index contributed by atoms with van der Waals surface area (Å²) >= 11 is 12.4. The van der Waals surface area contributed by atoms with Crippen LogP contribution in [-0.4, -0.2) is 62.8 Å². The van der Waals surface area contributed by atoms with Gasteiger partial charge in [-0.2, -0.15) is 0 Å². The Morgan fingerprint density at radius 2 is 1.79 bits per heavy atom. The SMILES string of the molecule is CCOc1ccc(C2/C(=C(\O)c3cc(Cl)cc(Cl)c3OC)C(=O)C(=O)N2CCOC)cc1OC. The van der Waals surface area contributed by atoms with E-state index in [1.54, 1.807) is 18.2 Å². The van der Waals surface area contributed by atoms with Crippen LogP contribution < -0.4 is 14.2 Å². The van der Waals surface area contributed by atoms with E-state index in [-0.39, 0.29) is 40.1 Å². The van der Waals surface area contributed by atoms with Gasteiger partial charge in [0.25, 0.3) is 11.7 Å². The van der Waals surface area contributed by atoms with Crippen LogP contribution in [0.5, 0.6) is 17.2 Å². The van der Waals surface area contributed by atoms with Crippen molar-refractivity contribution >= 4 is 40.7 Å². The summed E-state index contributed by atoms with van der Waals surface area (Å²) < 4.78 is 21.5. The molecule has 182 valence electrons. The topological polar surface area (TPSA) is 94.5 Å². The second-order valence-corrected chi connectivity index (χ2v) is 8.14. The van der Waals surface area contributed by atoms with Crippen LogP contribution in [0.15, 0.2) is 35.9 Å². The summed E-state index contributed by atoms with van der Waals surface area (Å²) in [5.74, 6) is -1.05. The third-order valence-electron chi connectivity index (χ3n) is 5.35. The molecule has 34 heavy (non-hydrogen) atoms. The lowest BCUT2D eigenvalue weighted by Crippen LogP contribution is -2.32. The van der Waals surface area contributed by atoms with E-state index in [4.69, 9.17) is 42.1 Å². The van der Waals surface area contributed by atoms with Crippen LogP contribution >= 0.6 is 23.2 Å². The molecule has 0 radical (unpaired) electrons. The summed E-state index contributed by atoms with van der Waals surface area (Å²) in [5, 5.41) is 11.7. The number of nitrogens with zero attached hydrogens (tertiary/aromatic N) is 1. The summed E-state index contributed by atoms with van der Waals surface area (Å²) in [6.07, 6.45) is 0. The Balaban J connectivity index is 2.27. The van der Waals surface area contributed by atoms with E-state index in [1.807, 2.05) is 6.92 Å². The van der Waals surface area contributed by atoms with Gasteiger partial charge in [0.1, 0.15) is 11.5 Å². The third-order valence-corrected chi connectivity index (χ3v) is 5.85. The predicted octanol–water partition coefficient (Wildman–Crippen LogP) is 4.48. The Morgan fingerprint density at radius 1 is 1.06 bits per heavy atom. The summed E-state index contributed by atoms with van der Waals surface area (Å²) in [6, 6.07) is 6.99. The van der Waals surface area contributed by atoms with Gasteiger partial charge in [-0.05, 0) is 36.8 Å². The number of Topliss-reactive ketones (excluding diaryl/α,β-unsaturated/α-hetero) is 1. The molecule has 2 aromatic rings. The molecule has 8 nitrogen and oxygen atoms in total. The Labute approximate surface area is 207 Å². The molecule has 0 saturated carbocycles. The first-order chi connectivity index (χ1) is 16.3. The maximum absolute atomic E-state index is 13.2. The number of ketones is 1. The highest BCUT2D eigenvalue weighted by Crippen LogP contribution is 2.44. The highest BCUT2D eigenvalue weighted by Gasteiger charge is 2.46. The molecule has 1 unspecified atom stereocenters. The number of methoxy groups -OCH3 is 3. The highest BCUT2D eigenvalue weighted by molar-refractivity contribution is 6.46. The minimum absolute atomic E-state index is 0.0904. The van der Waals surface area contributed by atoms with Crippen molar-refractivity contribution in [3.05, 3.63) is 57.1 Å². The van der Waals surface area contributed by atoms with Gasteiger partial charge < -0.3 is 29.0 Å². The standard InChI is InChI=1S/C24H25Cl2NO7/c1-5-34-17-7-6-13(10-18(17)32-3)20-19(22(29)24(30)27(20)8-9-31-2)21(28)15-11-14(25)12-16(26)23(15)33-4/h6-7,10-12,20,28H,5,8-9H2,1-4H3/b21-19+. The molecule has 10 heteroatoms. The van der Waals surface area contributed by atoms with Crippen LogP contribution in [0.1, 0.15) is 24.1 Å². The average molecular weight is 510 g/mol. The van der Waals surface area contributed by atoms with Crippen molar-refractivity contribution in [2.75, 3.05) is 41.1 Å². The van der Waals surface area contributed by atoms with Gasteiger partial charge >= 0.3 is 0 Å². The van der Waals surface area contributed by atoms with E-state index in [0.29, 0.717) is 23.7 Å². The number of likely N-dealkylation sites (tertiary alicyclic amines) is 1. The van der Waals surface area contributed by atoms with E-state index < -0.39 is 23.5 Å². The van der Waals surface area contributed by atoms with E-state index in [9.17, 15) is 14.7 Å². The van der Waals surface area contributed by atoms with Gasteiger partial charge in [0.05, 0.1) is 49.6 Å². The molecule has 0 aliphatic carbocycles. The van der Waals surface area contributed by atoms with Crippen molar-refractivity contribution in [1.29, 1.82) is 0 Å². The fourth-order valence-corrected chi connectivity index (χ4v) is 4.44.